The van der Waals surface area contributed by atoms with Gasteiger partial charge < -0.3 is 255 Å². The average molecular weight is 1930 g/mol. The Morgan fingerprint density at radius 1 is 0.258 bits per heavy atom. The molecule has 0 unspecified atom stereocenters. The van der Waals surface area contributed by atoms with E-state index in [1.807, 2.05) is 0 Å². The molecule has 0 aromatic carbocycles. The second kappa shape index (κ2) is 49.4. The van der Waals surface area contributed by atoms with Crippen molar-refractivity contribution in [3.8, 4) is 0 Å². The molecule has 49 atom stereocenters. The summed E-state index contributed by atoms with van der Waals surface area (Å²) in [5, 5.41) is 313. The number of nitrogens with one attached hydrogen (secondary N) is 7. The second-order valence-electron chi connectivity index (χ2n) is 33.0. The van der Waals surface area contributed by atoms with Gasteiger partial charge in [-0.3, -0.25) is 33.6 Å². The van der Waals surface area contributed by atoms with Gasteiger partial charge in [0.25, 0.3) is 0 Å². The van der Waals surface area contributed by atoms with Crippen LogP contribution in [0, 0.1) is 0 Å². The fourth-order valence-corrected chi connectivity index (χ4v) is 16.6. The van der Waals surface area contributed by atoms with E-state index in [1.54, 1.807) is 0 Å². The molecule has 33 N–H and O–H groups in total. The molecule has 9 heterocycles. The average Bonchev–Trinajstić information content (AvgIpc) is 0.755. The monoisotopic (exact) mass is 1930 g/mol. The maximum absolute atomic E-state index is 13.6. The summed E-state index contributed by atoms with van der Waals surface area (Å²) in [6.07, 6.45) is -94.8. The molecule has 0 saturated carbocycles. The number of hydrogen-bond acceptors (Lipinski definition) is 51. The van der Waals surface area contributed by atoms with Gasteiger partial charge in [0.1, 0.15) is 238 Å². The summed E-state index contributed by atoms with van der Waals surface area (Å²) in [6, 6.07) is -13.5. The molecular weight excluding hydrogens is 1800 g/mol. The zero-order valence-electron chi connectivity index (χ0n) is 71.9. The summed E-state index contributed by atoms with van der Waals surface area (Å²) in [4.78, 5) is 90.3. The van der Waals surface area contributed by atoms with Gasteiger partial charge in [0, 0.05) is 48.5 Å². The molecule has 0 aromatic heterocycles. The van der Waals surface area contributed by atoms with Crippen LogP contribution in [-0.2, 0) is 119 Å². The summed E-state index contributed by atoms with van der Waals surface area (Å²) in [6.45, 7) is -6.81. The third-order valence-electron chi connectivity index (χ3n) is 23.3. The fourth-order valence-electron chi connectivity index (χ4n) is 16.6. The summed E-state index contributed by atoms with van der Waals surface area (Å²) in [5.41, 5.74) is 0. The predicted octanol–water partition coefficient (Wildman–Crippen LogP) is -22.2. The van der Waals surface area contributed by atoms with Crippen molar-refractivity contribution in [3.63, 3.8) is 0 Å². The van der Waals surface area contributed by atoms with Gasteiger partial charge in [-0.2, -0.15) is 0 Å². The molecule has 9 aliphatic heterocycles. The molecule has 0 aliphatic carbocycles. The SMILES string of the molecule is CC(=O)N[C@H]1[C@H](O[C@@H]([C@H](O)[C@H](CO)NC(C)=O)[C@H](O)CO)O[C@H](CO)[C@@H](O[C@@H]2O[C@H](CO[C@H]3O[C@H](CO[C@@H]4O[C@H](CO)[C@@H](O)[C@H](O)[C@H]4NC(C)=O)[C@@H](O)[C@H](O)[C@@H]3O[C@@H]3O[C@H](CO)[C@@H](O)[C@H](O)[C@H]3NC(C)=O)[C@@H](O[C@@H]3O[C@H](CO)[C@@H](O)[C@H](O)[C@H]3NC(C)=O)[C@H](O[C@H]3O[C@H](CO)[C@@H](O[C@@H]4O[C@H](CO)[C@@H](O)[C@H](O)[C@H]4NC(C)=O)[C@H](O)[C@@H]3O[C@@H]3O[C@H](CO)[C@@H](O)[C@H](O)[C@H]3NC(C)=O)[C@@H]2O)[C@@H]1O. The third kappa shape index (κ3) is 26.0. The van der Waals surface area contributed by atoms with E-state index in [1.165, 1.54) is 0 Å². The van der Waals surface area contributed by atoms with Crippen molar-refractivity contribution >= 4 is 41.4 Å². The smallest absolute Gasteiger partial charge is 0.217 e. The molecule has 0 bridgehead atoms. The first-order chi connectivity index (χ1) is 62.3. The van der Waals surface area contributed by atoms with Gasteiger partial charge >= 0.3 is 0 Å². The van der Waals surface area contributed by atoms with Gasteiger partial charge in [0.15, 0.2) is 56.6 Å². The minimum absolute atomic E-state index is 0.858. The standard InChI is InChI=1S/C74H125N7O51/c1-19(91)75-26(8-82)43(99)59(27(98)9-83)126-71-42(81-25(7)97)55(111)60(33(15-89)122-71)128-72-58(114)63(130-74-65(132-70-41(80-24(6)96)54(110)48(104)32(14-88)121-70)57(113)61(34(16-90)123-74)127-67-38(77-21(3)93)51(107)45(101)29(11-85)118-67)62(129-68-39(78-22(4)94)52(108)46(102)30(12-86)119-68)36(125-72)18-116-73-64(131-69-40(79-23(5)95)53(109)47(103)31(13-87)120-69)56(112)49(105)35(124-73)17-115-66-37(76-20(2)92)50(106)44(100)28(10-84)117-66/h26-74,82-90,98-114H,8-18H2,1-7H3,(H,75,91)(H,76,92)(H,77,93)(H,78,94)(H,79,95)(H,80,96)(H,81,97)/t26-,27+,28+,29+,30+,31+,32+,33+,34+,35+,36+,37+,38+,39+,40+,41+,42+,43+,44+,45+,46+,47+,48+,49+,50+,51+,52+,53+,54+,55+,56-,57-,58-,59+,60+,61+,62+,63+,64-,65-,66+,67-,68-,69-,70-,71-,72-,73-,74+/m0/s1. The molecule has 9 rings (SSSR count). The Hall–Kier alpha value is -5.47. The Morgan fingerprint density at radius 2 is 0.538 bits per heavy atom. The van der Waals surface area contributed by atoms with Crippen molar-refractivity contribution in [2.75, 3.05) is 72.7 Å². The number of carbonyl (C=O) groups excluding carboxylic acids is 7. The predicted molar refractivity (Wildman–Crippen MR) is 413 cm³/mol. The highest BCUT2D eigenvalue weighted by molar-refractivity contribution is 5.75. The lowest BCUT2D eigenvalue weighted by Gasteiger charge is -2.53. The Bertz CT molecular complexity index is 3650. The fraction of sp³-hybridized carbons (Fsp3) is 0.905. The number of rotatable bonds is 39. The highest BCUT2D eigenvalue weighted by Crippen LogP contribution is 2.42. The van der Waals surface area contributed by atoms with E-state index in [2.05, 4.69) is 37.2 Å². The summed E-state index contributed by atoms with van der Waals surface area (Å²) in [5.74, 6) is -6.73. The highest BCUT2D eigenvalue weighted by atomic mass is 16.8. The van der Waals surface area contributed by atoms with Gasteiger partial charge in [-0.1, -0.05) is 0 Å². The van der Waals surface area contributed by atoms with Crippen molar-refractivity contribution in [1.29, 1.82) is 0 Å². The maximum Gasteiger partial charge on any atom is 0.217 e. The van der Waals surface area contributed by atoms with Gasteiger partial charge in [-0.15, -0.1) is 0 Å². The van der Waals surface area contributed by atoms with Crippen LogP contribution in [0.25, 0.3) is 0 Å². The zero-order valence-corrected chi connectivity index (χ0v) is 71.9. The van der Waals surface area contributed by atoms with E-state index < -0.39 is 414 Å². The zero-order chi connectivity index (χ0) is 97.8. The van der Waals surface area contributed by atoms with E-state index >= 15 is 0 Å². The summed E-state index contributed by atoms with van der Waals surface area (Å²) < 4.78 is 112. The minimum atomic E-state index is -2.88. The van der Waals surface area contributed by atoms with E-state index in [0.717, 1.165) is 48.5 Å². The van der Waals surface area contributed by atoms with Crippen molar-refractivity contribution < 1.29 is 252 Å². The Balaban J connectivity index is 1.26. The highest BCUT2D eigenvalue weighted by Gasteiger charge is 2.63. The van der Waals surface area contributed by atoms with Gasteiger partial charge in [0.05, 0.1) is 78.7 Å². The van der Waals surface area contributed by atoms with Crippen LogP contribution in [0.5, 0.6) is 0 Å². The van der Waals surface area contributed by atoms with Crippen molar-refractivity contribution in [3.05, 3.63) is 0 Å². The number of amides is 7. The molecule has 132 heavy (non-hydrogen) atoms. The van der Waals surface area contributed by atoms with Crippen LogP contribution in [0.2, 0.25) is 0 Å². The molecule has 0 aromatic rings. The maximum atomic E-state index is 13.6. The quantitative estimate of drug-likeness (QED) is 0.0272. The molecule has 58 heteroatoms. The van der Waals surface area contributed by atoms with Crippen molar-refractivity contribution in [2.45, 2.75) is 349 Å². The van der Waals surface area contributed by atoms with Gasteiger partial charge in [-0.25, -0.2) is 0 Å². The van der Waals surface area contributed by atoms with E-state index in [0.29, 0.717) is 0 Å². The first-order valence-electron chi connectivity index (χ1n) is 42.0. The minimum Gasteiger partial charge on any atom is -0.394 e. The van der Waals surface area contributed by atoms with Crippen LogP contribution in [0.15, 0.2) is 0 Å². The lowest BCUT2D eigenvalue weighted by Crippen LogP contribution is -2.72. The number of aliphatic hydroxyl groups excluding tert-OH is 26. The lowest BCUT2D eigenvalue weighted by molar-refractivity contribution is -0.412. The number of carbonyl (C=O) groups is 7. The molecule has 762 valence electrons. The van der Waals surface area contributed by atoms with E-state index in [-0.39, 0.29) is 0 Å². The molecular formula is C74H125N7O51. The normalized spacial score (nSPS) is 44.1. The van der Waals surface area contributed by atoms with Crippen LogP contribution >= 0.6 is 0 Å². The topological polar surface area (TPSA) is 896 Å². The summed E-state index contributed by atoms with van der Waals surface area (Å²) >= 11 is 0. The Labute approximate surface area is 749 Å². The van der Waals surface area contributed by atoms with Crippen LogP contribution in [-0.4, -0.2) is 547 Å². The van der Waals surface area contributed by atoms with Gasteiger partial charge in [-0.05, 0) is 0 Å². The Morgan fingerprint density at radius 3 is 0.902 bits per heavy atom. The third-order valence-corrected chi connectivity index (χ3v) is 23.3. The molecule has 7 amide bonds. The second-order valence-corrected chi connectivity index (χ2v) is 33.0. The van der Waals surface area contributed by atoms with E-state index in [9.17, 15) is 166 Å². The molecule has 0 radical (unpaired) electrons. The van der Waals surface area contributed by atoms with Crippen LogP contribution < -0.4 is 37.2 Å². The molecule has 9 aliphatic rings. The Kier molecular flexibility index (Phi) is 41.2. The van der Waals surface area contributed by atoms with Crippen LogP contribution in [0.1, 0.15) is 48.5 Å². The summed E-state index contributed by atoms with van der Waals surface area (Å²) in [7, 11) is 0. The van der Waals surface area contributed by atoms with Crippen LogP contribution in [0.4, 0.5) is 0 Å². The first-order valence-corrected chi connectivity index (χ1v) is 42.0. The van der Waals surface area contributed by atoms with Crippen molar-refractivity contribution in [2.24, 2.45) is 0 Å². The lowest BCUT2D eigenvalue weighted by atomic mass is 9.93. The molecule has 0 spiro atoms. The van der Waals surface area contributed by atoms with Crippen LogP contribution in [0.3, 0.4) is 0 Å². The molecule has 9 saturated heterocycles. The van der Waals surface area contributed by atoms with Crippen molar-refractivity contribution in [1.82, 2.24) is 37.2 Å². The largest absolute Gasteiger partial charge is 0.394 e. The number of ether oxygens (including phenoxy) is 18. The molecule has 9 fully saturated rings. The number of aliphatic hydroxyl groups is 26. The van der Waals surface area contributed by atoms with Gasteiger partial charge in [0.2, 0.25) is 41.4 Å². The molecule has 58 nitrogen and oxygen atoms in total. The van der Waals surface area contributed by atoms with E-state index in [4.69, 9.17) is 85.3 Å². The first kappa shape index (κ1) is 110. The number of hydrogen-bond donors (Lipinski definition) is 33.